The quantitative estimate of drug-likeness (QED) is 0.169. The van der Waals surface area contributed by atoms with Crippen LogP contribution in [-0.4, -0.2) is 21.7 Å². The van der Waals surface area contributed by atoms with Crippen LogP contribution in [0.1, 0.15) is 21.5 Å². The van der Waals surface area contributed by atoms with E-state index in [4.69, 9.17) is 28.2 Å². The van der Waals surface area contributed by atoms with Gasteiger partial charge in [0.05, 0.1) is 33.0 Å². The van der Waals surface area contributed by atoms with Gasteiger partial charge in [0.2, 0.25) is 0 Å². The van der Waals surface area contributed by atoms with E-state index in [9.17, 15) is 4.79 Å². The minimum Gasteiger partial charge on any atom is -0.342 e. The zero-order valence-electron chi connectivity index (χ0n) is 20.7. The van der Waals surface area contributed by atoms with Crippen LogP contribution in [0.3, 0.4) is 0 Å². The van der Waals surface area contributed by atoms with Crippen molar-refractivity contribution >= 4 is 57.1 Å². The Hall–Kier alpha value is -4.45. The minimum atomic E-state index is -0.304. The number of nitrogens with zero attached hydrogens (tertiary/aromatic N) is 3. The minimum absolute atomic E-state index is 0.304. The molecule has 6 rings (SSSR count). The van der Waals surface area contributed by atoms with Crippen molar-refractivity contribution in [1.29, 1.82) is 0 Å². The van der Waals surface area contributed by atoms with Crippen LogP contribution in [0, 0.1) is 0 Å². The van der Waals surface area contributed by atoms with Crippen molar-refractivity contribution in [3.05, 3.63) is 136 Å². The molecule has 2 heterocycles. The summed E-state index contributed by atoms with van der Waals surface area (Å²) < 4.78 is 2.13. The fourth-order valence-corrected chi connectivity index (χ4v) is 5.00. The average molecular weight is 549 g/mol. The molecule has 0 spiro atoms. The molecule has 0 radical (unpaired) electrons. The maximum Gasteiger partial charge on any atom is 0.272 e. The first-order chi connectivity index (χ1) is 19.1. The summed E-state index contributed by atoms with van der Waals surface area (Å²) in [5.74, 6) is -0.304. The van der Waals surface area contributed by atoms with Gasteiger partial charge in [0.1, 0.15) is 0 Å². The number of pyridine rings is 1. The molecular formula is C32H22Cl2N4O. The highest BCUT2D eigenvalue weighted by Gasteiger charge is 2.14. The third kappa shape index (κ3) is 5.15. The number of hydrazone groups is 1. The first kappa shape index (κ1) is 24.9. The number of carbonyl (C=O) groups excluding carboxylic acids is 1. The maximum atomic E-state index is 13.3. The van der Waals surface area contributed by atoms with Crippen molar-refractivity contribution in [2.75, 3.05) is 0 Å². The third-order valence-corrected chi connectivity index (χ3v) is 7.30. The molecule has 0 atom stereocenters. The molecule has 0 aliphatic rings. The first-order valence-corrected chi connectivity index (χ1v) is 13.1. The van der Waals surface area contributed by atoms with Gasteiger partial charge in [-0.2, -0.15) is 5.10 Å². The molecule has 190 valence electrons. The number of nitrogens with one attached hydrogen (secondary N) is 1. The lowest BCUT2D eigenvalue weighted by atomic mass is 10.0. The van der Waals surface area contributed by atoms with Crippen LogP contribution < -0.4 is 5.43 Å². The van der Waals surface area contributed by atoms with Crippen LogP contribution in [0.4, 0.5) is 0 Å². The summed E-state index contributed by atoms with van der Waals surface area (Å²) >= 11 is 12.3. The van der Waals surface area contributed by atoms with Gasteiger partial charge in [-0.15, -0.1) is 0 Å². The summed E-state index contributed by atoms with van der Waals surface area (Å²) in [4.78, 5) is 18.1. The Kier molecular flexibility index (Phi) is 6.84. The highest BCUT2D eigenvalue weighted by molar-refractivity contribution is 6.42. The van der Waals surface area contributed by atoms with E-state index in [1.807, 2.05) is 97.2 Å². The third-order valence-electron chi connectivity index (χ3n) is 6.56. The van der Waals surface area contributed by atoms with Gasteiger partial charge in [0.15, 0.2) is 0 Å². The smallest absolute Gasteiger partial charge is 0.272 e. The second-order valence-electron chi connectivity index (χ2n) is 9.12. The van der Waals surface area contributed by atoms with Crippen molar-refractivity contribution in [1.82, 2.24) is 15.0 Å². The Balaban J connectivity index is 1.29. The molecule has 7 heteroatoms. The molecule has 39 heavy (non-hydrogen) atoms. The van der Waals surface area contributed by atoms with Crippen LogP contribution >= 0.6 is 23.2 Å². The number of carbonyl (C=O) groups is 1. The first-order valence-electron chi connectivity index (χ1n) is 12.4. The van der Waals surface area contributed by atoms with Gasteiger partial charge in [-0.3, -0.25) is 4.79 Å². The number of amides is 1. The number of aromatic nitrogens is 2. The van der Waals surface area contributed by atoms with Crippen molar-refractivity contribution in [3.8, 4) is 11.3 Å². The molecule has 0 saturated heterocycles. The van der Waals surface area contributed by atoms with Crippen LogP contribution in [0.2, 0.25) is 10.0 Å². The molecule has 0 saturated carbocycles. The van der Waals surface area contributed by atoms with Crippen LogP contribution in [-0.2, 0) is 6.54 Å². The zero-order chi connectivity index (χ0) is 26.8. The zero-order valence-corrected chi connectivity index (χ0v) is 22.2. The Morgan fingerprint density at radius 1 is 0.846 bits per heavy atom. The van der Waals surface area contributed by atoms with E-state index >= 15 is 0 Å². The number of fused-ring (bicyclic) bond motifs is 2. The fraction of sp³-hybridized carbons (Fsp3) is 0.0312. The SMILES string of the molecule is O=C(N/N=C\c1cn(Cc2ccc(Cl)c(Cl)c2)c2ccccc12)c1cc(-c2ccccc2)nc2ccccc12. The van der Waals surface area contributed by atoms with Gasteiger partial charge in [-0.05, 0) is 35.9 Å². The highest BCUT2D eigenvalue weighted by Crippen LogP contribution is 2.27. The van der Waals surface area contributed by atoms with Gasteiger partial charge < -0.3 is 4.57 Å². The van der Waals surface area contributed by atoms with Crippen molar-refractivity contribution in [3.63, 3.8) is 0 Å². The van der Waals surface area contributed by atoms with E-state index in [0.29, 0.717) is 22.2 Å². The predicted molar refractivity (Wildman–Crippen MR) is 160 cm³/mol. The van der Waals surface area contributed by atoms with Gasteiger partial charge >= 0.3 is 0 Å². The molecule has 0 unspecified atom stereocenters. The fourth-order valence-electron chi connectivity index (χ4n) is 4.68. The van der Waals surface area contributed by atoms with Crippen molar-refractivity contribution in [2.24, 2.45) is 5.10 Å². The van der Waals surface area contributed by atoms with Crippen molar-refractivity contribution < 1.29 is 4.79 Å². The lowest BCUT2D eigenvalue weighted by Gasteiger charge is -2.09. The summed E-state index contributed by atoms with van der Waals surface area (Å²) in [7, 11) is 0. The lowest BCUT2D eigenvalue weighted by molar-refractivity contribution is 0.0956. The molecule has 2 aromatic heterocycles. The standard InChI is InChI=1S/C32H22Cl2N4O/c33-27-15-14-21(16-28(27)34)19-38-20-23(24-10-5-7-13-31(24)38)18-35-37-32(39)26-17-30(22-8-2-1-3-9-22)36-29-12-6-4-11-25(26)29/h1-18,20H,19H2,(H,37,39)/b35-18-. The van der Waals surface area contributed by atoms with E-state index in [1.165, 1.54) is 0 Å². The number of hydrogen-bond acceptors (Lipinski definition) is 3. The molecule has 0 aliphatic carbocycles. The molecule has 4 aromatic carbocycles. The Morgan fingerprint density at radius 2 is 1.59 bits per heavy atom. The Labute approximate surface area is 235 Å². The van der Waals surface area contributed by atoms with E-state index in [2.05, 4.69) is 21.2 Å². The Bertz CT molecular complexity index is 1860. The van der Waals surface area contributed by atoms with Gasteiger partial charge in [0, 0.05) is 40.2 Å². The largest absolute Gasteiger partial charge is 0.342 e. The van der Waals surface area contributed by atoms with Gasteiger partial charge in [0.25, 0.3) is 5.91 Å². The predicted octanol–water partition coefficient (Wildman–Crippen LogP) is 7.98. The second-order valence-corrected chi connectivity index (χ2v) is 9.93. The Morgan fingerprint density at radius 3 is 2.41 bits per heavy atom. The summed E-state index contributed by atoms with van der Waals surface area (Å²) in [6.07, 6.45) is 3.69. The van der Waals surface area contributed by atoms with Gasteiger partial charge in [-0.25, -0.2) is 10.4 Å². The lowest BCUT2D eigenvalue weighted by Crippen LogP contribution is -2.18. The molecular weight excluding hydrogens is 527 g/mol. The van der Waals surface area contributed by atoms with Crippen LogP contribution in [0.25, 0.3) is 33.1 Å². The molecule has 0 bridgehead atoms. The normalized spacial score (nSPS) is 11.4. The van der Waals surface area contributed by atoms with Gasteiger partial charge in [-0.1, -0.05) is 96.0 Å². The average Bonchev–Trinajstić information content (AvgIpc) is 3.32. The highest BCUT2D eigenvalue weighted by atomic mass is 35.5. The summed E-state index contributed by atoms with van der Waals surface area (Å²) in [5, 5.41) is 7.17. The number of para-hydroxylation sites is 2. The second kappa shape index (κ2) is 10.7. The van der Waals surface area contributed by atoms with Crippen molar-refractivity contribution in [2.45, 2.75) is 6.54 Å². The maximum absolute atomic E-state index is 13.3. The number of hydrogen-bond donors (Lipinski definition) is 1. The molecule has 1 N–H and O–H groups in total. The van der Waals surface area contributed by atoms with E-state index in [-0.39, 0.29) is 5.91 Å². The molecule has 1 amide bonds. The number of rotatable bonds is 6. The monoisotopic (exact) mass is 548 g/mol. The topological polar surface area (TPSA) is 59.3 Å². The summed E-state index contributed by atoms with van der Waals surface area (Å²) in [5.41, 5.74) is 8.61. The summed E-state index contributed by atoms with van der Waals surface area (Å²) in [6.45, 7) is 0.614. The molecule has 0 aliphatic heterocycles. The van der Waals surface area contributed by atoms with E-state index < -0.39 is 0 Å². The van der Waals surface area contributed by atoms with E-state index in [0.717, 1.165) is 44.2 Å². The van der Waals surface area contributed by atoms with E-state index in [1.54, 1.807) is 12.3 Å². The molecule has 5 nitrogen and oxygen atoms in total. The molecule has 0 fully saturated rings. The summed E-state index contributed by atoms with van der Waals surface area (Å²) in [6, 6.07) is 32.9. The number of halogens is 2. The van der Waals surface area contributed by atoms with Crippen LogP contribution in [0.5, 0.6) is 0 Å². The van der Waals surface area contributed by atoms with Crippen LogP contribution in [0.15, 0.2) is 114 Å². The molecule has 6 aromatic rings. The number of benzene rings is 4.